The Kier molecular flexibility index (Phi) is 5.21. The van der Waals surface area contributed by atoms with E-state index in [2.05, 4.69) is 4.90 Å². The lowest BCUT2D eigenvalue weighted by Gasteiger charge is -2.28. The summed E-state index contributed by atoms with van der Waals surface area (Å²) in [7, 11) is 0. The first kappa shape index (κ1) is 13.9. The number of hydrogen-bond donors (Lipinski definition) is 0. The molecule has 0 unspecified atom stereocenters. The molecule has 0 radical (unpaired) electrons. The molecule has 1 heterocycles. The second-order valence-corrected chi connectivity index (χ2v) is 6.44. The second kappa shape index (κ2) is 5.98. The standard InChI is InChI=1S/C11H19NO2S2/c1-11(2,3)9(13)8-16-10(15)12-4-6-14-7-5-12/h4-8H2,1-3H3. The second-order valence-electron chi connectivity index (χ2n) is 4.83. The molecule has 1 aliphatic heterocycles. The van der Waals surface area contributed by atoms with Crippen LogP contribution in [-0.2, 0) is 9.53 Å². The monoisotopic (exact) mass is 261 g/mol. The molecule has 92 valence electrons. The lowest BCUT2D eigenvalue weighted by Crippen LogP contribution is -2.39. The summed E-state index contributed by atoms with van der Waals surface area (Å²) in [5, 5.41) is 0. The highest BCUT2D eigenvalue weighted by atomic mass is 32.2. The van der Waals surface area contributed by atoms with Gasteiger partial charge in [0.2, 0.25) is 0 Å². The molecule has 0 N–H and O–H groups in total. The van der Waals surface area contributed by atoms with Gasteiger partial charge in [-0.1, -0.05) is 44.8 Å². The number of thioether (sulfide) groups is 1. The lowest BCUT2D eigenvalue weighted by molar-refractivity contribution is -0.123. The van der Waals surface area contributed by atoms with Gasteiger partial charge in [-0.15, -0.1) is 0 Å². The third-order valence-corrected chi connectivity index (χ3v) is 3.96. The predicted molar refractivity (Wildman–Crippen MR) is 71.9 cm³/mol. The summed E-state index contributed by atoms with van der Waals surface area (Å²) in [5.74, 6) is 0.716. The topological polar surface area (TPSA) is 29.5 Å². The smallest absolute Gasteiger partial charge is 0.148 e. The van der Waals surface area contributed by atoms with Crippen molar-refractivity contribution in [3.63, 3.8) is 0 Å². The van der Waals surface area contributed by atoms with Crippen LogP contribution in [-0.4, -0.2) is 47.1 Å². The van der Waals surface area contributed by atoms with Crippen molar-refractivity contribution < 1.29 is 9.53 Å². The highest BCUT2D eigenvalue weighted by molar-refractivity contribution is 8.23. The van der Waals surface area contributed by atoms with Crippen LogP contribution in [0.4, 0.5) is 0 Å². The van der Waals surface area contributed by atoms with Gasteiger partial charge >= 0.3 is 0 Å². The number of rotatable bonds is 2. The van der Waals surface area contributed by atoms with Crippen molar-refractivity contribution in [3.05, 3.63) is 0 Å². The predicted octanol–water partition coefficient (Wildman–Crippen LogP) is 1.95. The Labute approximate surface area is 107 Å². The number of thiocarbonyl (C=S) groups is 1. The van der Waals surface area contributed by atoms with Gasteiger partial charge in [-0.3, -0.25) is 4.79 Å². The number of carbonyl (C=O) groups excluding carboxylic acids is 1. The molecule has 0 amide bonds. The van der Waals surface area contributed by atoms with E-state index in [4.69, 9.17) is 17.0 Å². The van der Waals surface area contributed by atoms with Crippen LogP contribution in [0.2, 0.25) is 0 Å². The highest BCUT2D eigenvalue weighted by Gasteiger charge is 2.22. The van der Waals surface area contributed by atoms with E-state index in [9.17, 15) is 4.79 Å². The number of carbonyl (C=O) groups is 1. The van der Waals surface area contributed by atoms with Crippen molar-refractivity contribution in [3.8, 4) is 0 Å². The molecule has 16 heavy (non-hydrogen) atoms. The van der Waals surface area contributed by atoms with Crippen LogP contribution in [0.15, 0.2) is 0 Å². The van der Waals surface area contributed by atoms with E-state index in [-0.39, 0.29) is 11.2 Å². The van der Waals surface area contributed by atoms with Crippen molar-refractivity contribution in [2.45, 2.75) is 20.8 Å². The van der Waals surface area contributed by atoms with Gasteiger partial charge in [0.05, 0.1) is 19.0 Å². The van der Waals surface area contributed by atoms with Crippen LogP contribution in [0, 0.1) is 5.41 Å². The van der Waals surface area contributed by atoms with Crippen molar-refractivity contribution in [2.75, 3.05) is 32.1 Å². The first-order chi connectivity index (χ1) is 7.41. The summed E-state index contributed by atoms with van der Waals surface area (Å²) in [5.41, 5.74) is -0.270. The van der Waals surface area contributed by atoms with Crippen LogP contribution < -0.4 is 0 Å². The number of hydrogen-bond acceptors (Lipinski definition) is 4. The fourth-order valence-electron chi connectivity index (χ4n) is 1.18. The van der Waals surface area contributed by atoms with Crippen molar-refractivity contribution >= 4 is 34.1 Å². The fraction of sp³-hybridized carbons (Fsp3) is 0.818. The van der Waals surface area contributed by atoms with Crippen molar-refractivity contribution in [1.29, 1.82) is 0 Å². The maximum atomic E-state index is 11.7. The number of ether oxygens (including phenoxy) is 1. The van der Waals surface area contributed by atoms with Crippen LogP contribution in [0.25, 0.3) is 0 Å². The lowest BCUT2D eigenvalue weighted by atomic mass is 9.92. The van der Waals surface area contributed by atoms with Crippen molar-refractivity contribution in [1.82, 2.24) is 4.90 Å². The van der Waals surface area contributed by atoms with Crippen molar-refractivity contribution in [2.24, 2.45) is 5.41 Å². The first-order valence-corrected chi connectivity index (χ1v) is 6.83. The van der Waals surface area contributed by atoms with E-state index in [0.29, 0.717) is 5.75 Å². The van der Waals surface area contributed by atoms with Gasteiger partial charge < -0.3 is 9.64 Å². The van der Waals surface area contributed by atoms with Gasteiger partial charge in [0.25, 0.3) is 0 Å². The summed E-state index contributed by atoms with van der Waals surface area (Å²) in [6, 6.07) is 0. The van der Waals surface area contributed by atoms with Gasteiger partial charge in [-0.05, 0) is 0 Å². The number of ketones is 1. The van der Waals surface area contributed by atoms with Gasteiger partial charge in [0, 0.05) is 18.5 Å². The molecule has 5 heteroatoms. The summed E-state index contributed by atoms with van der Waals surface area (Å²) in [4.78, 5) is 13.8. The Morgan fingerprint density at radius 1 is 1.38 bits per heavy atom. The van der Waals surface area contributed by atoms with E-state index in [1.807, 2.05) is 20.8 Å². The molecule has 0 atom stereocenters. The van der Waals surface area contributed by atoms with Crippen LogP contribution in [0.1, 0.15) is 20.8 Å². The third-order valence-electron chi connectivity index (χ3n) is 2.43. The Balaban J connectivity index is 2.32. The van der Waals surface area contributed by atoms with Gasteiger partial charge in [0.15, 0.2) is 0 Å². The number of nitrogens with zero attached hydrogens (tertiary/aromatic N) is 1. The molecule has 0 aromatic heterocycles. The molecule has 1 fully saturated rings. The minimum atomic E-state index is -0.270. The zero-order valence-corrected chi connectivity index (χ0v) is 11.7. The maximum Gasteiger partial charge on any atom is 0.148 e. The van der Waals surface area contributed by atoms with Gasteiger partial charge in [0.1, 0.15) is 10.1 Å². The Morgan fingerprint density at radius 3 is 2.44 bits per heavy atom. The zero-order chi connectivity index (χ0) is 12.2. The normalized spacial score (nSPS) is 17.3. The Morgan fingerprint density at radius 2 is 1.94 bits per heavy atom. The minimum Gasteiger partial charge on any atom is -0.378 e. The van der Waals surface area contributed by atoms with E-state index < -0.39 is 0 Å². The Hall–Kier alpha value is -0.130. The molecule has 1 aliphatic rings. The third kappa shape index (κ3) is 4.39. The summed E-state index contributed by atoms with van der Waals surface area (Å²) >= 11 is 6.77. The summed E-state index contributed by atoms with van der Waals surface area (Å²) in [6.07, 6.45) is 0. The molecule has 3 nitrogen and oxygen atoms in total. The highest BCUT2D eigenvalue weighted by Crippen LogP contribution is 2.19. The van der Waals surface area contributed by atoms with E-state index >= 15 is 0 Å². The quantitative estimate of drug-likeness (QED) is 0.709. The van der Waals surface area contributed by atoms with Crippen LogP contribution in [0.5, 0.6) is 0 Å². The van der Waals surface area contributed by atoms with Crippen LogP contribution in [0.3, 0.4) is 0 Å². The van der Waals surface area contributed by atoms with Crippen LogP contribution >= 0.6 is 24.0 Å². The van der Waals surface area contributed by atoms with E-state index in [0.717, 1.165) is 30.6 Å². The molecule has 0 aromatic carbocycles. The van der Waals surface area contributed by atoms with Gasteiger partial charge in [-0.2, -0.15) is 0 Å². The zero-order valence-electron chi connectivity index (χ0n) is 10.1. The summed E-state index contributed by atoms with van der Waals surface area (Å²) in [6.45, 7) is 8.96. The molecule has 1 rings (SSSR count). The molecular weight excluding hydrogens is 242 g/mol. The average Bonchev–Trinajstić information content (AvgIpc) is 2.25. The maximum absolute atomic E-state index is 11.7. The number of Topliss-reactive ketones (excluding diaryl/α,β-unsaturated/α-hetero) is 1. The van der Waals surface area contributed by atoms with E-state index in [1.165, 1.54) is 11.8 Å². The minimum absolute atomic E-state index is 0.244. The number of morpholine rings is 1. The average molecular weight is 261 g/mol. The molecule has 0 aliphatic carbocycles. The molecule has 0 aromatic rings. The molecule has 1 saturated heterocycles. The summed E-state index contributed by atoms with van der Waals surface area (Å²) < 4.78 is 6.07. The Bertz CT molecular complexity index is 268. The largest absolute Gasteiger partial charge is 0.378 e. The molecule has 0 spiro atoms. The fourth-order valence-corrected chi connectivity index (χ4v) is 2.59. The molecular formula is C11H19NO2S2. The molecule has 0 bridgehead atoms. The van der Waals surface area contributed by atoms with E-state index in [1.54, 1.807) is 0 Å². The SMILES string of the molecule is CC(C)(C)C(=O)CSC(=S)N1CCOCC1. The first-order valence-electron chi connectivity index (χ1n) is 5.44. The van der Waals surface area contributed by atoms with Gasteiger partial charge in [-0.25, -0.2) is 0 Å². The molecule has 0 saturated carbocycles.